The zero-order chi connectivity index (χ0) is 9.54. The fourth-order valence-electron chi connectivity index (χ4n) is 1.78. The summed E-state index contributed by atoms with van der Waals surface area (Å²) in [7, 11) is 0. The van der Waals surface area contributed by atoms with E-state index in [-0.39, 0.29) is 0 Å². The lowest BCUT2D eigenvalue weighted by Gasteiger charge is -1.99. The average molecular weight is 199 g/mol. The van der Waals surface area contributed by atoms with Gasteiger partial charge in [0.2, 0.25) is 0 Å². The Morgan fingerprint density at radius 1 is 1.14 bits per heavy atom. The Bertz CT molecular complexity index is 610. The van der Waals surface area contributed by atoms with Crippen molar-refractivity contribution in [3.05, 3.63) is 41.4 Å². The van der Waals surface area contributed by atoms with Gasteiger partial charge in [-0.25, -0.2) is 4.98 Å². The Hall–Kier alpha value is -1.41. The maximum absolute atomic E-state index is 4.40. The minimum atomic E-state index is 1.13. The predicted octanol–water partition coefficient (Wildman–Crippen LogP) is 3.76. The molecule has 2 heteroatoms. The minimum absolute atomic E-state index is 1.13. The van der Waals surface area contributed by atoms with Gasteiger partial charge in [-0.1, -0.05) is 29.8 Å². The molecular formula is C12H9NS. The molecule has 3 rings (SSSR count). The highest BCUT2D eigenvalue weighted by molar-refractivity contribution is 7.16. The summed E-state index contributed by atoms with van der Waals surface area (Å²) in [5, 5.41) is 2.54. The fraction of sp³-hybridized carbons (Fsp3) is 0.0833. The van der Waals surface area contributed by atoms with Crippen molar-refractivity contribution >= 4 is 32.3 Å². The molecule has 1 heterocycles. The van der Waals surface area contributed by atoms with Gasteiger partial charge in [-0.05, 0) is 18.4 Å². The largest absolute Gasteiger partial charge is 0.244 e. The van der Waals surface area contributed by atoms with Crippen molar-refractivity contribution in [1.29, 1.82) is 0 Å². The van der Waals surface area contributed by atoms with Gasteiger partial charge >= 0.3 is 0 Å². The Morgan fingerprint density at radius 2 is 2.07 bits per heavy atom. The summed E-state index contributed by atoms with van der Waals surface area (Å²) in [6.07, 6.45) is 0. The van der Waals surface area contributed by atoms with Crippen LogP contribution in [0.5, 0.6) is 0 Å². The molecule has 1 aromatic heterocycles. The summed E-state index contributed by atoms with van der Waals surface area (Å²) in [6, 6.07) is 10.8. The van der Waals surface area contributed by atoms with Crippen molar-refractivity contribution in [1.82, 2.24) is 4.98 Å². The maximum atomic E-state index is 4.40. The van der Waals surface area contributed by atoms with E-state index in [4.69, 9.17) is 0 Å². The summed E-state index contributed by atoms with van der Waals surface area (Å²) in [5.74, 6) is 0. The highest BCUT2D eigenvalue weighted by Crippen LogP contribution is 2.27. The van der Waals surface area contributed by atoms with Gasteiger partial charge in [0.25, 0.3) is 0 Å². The van der Waals surface area contributed by atoms with Crippen molar-refractivity contribution in [3.63, 3.8) is 0 Å². The van der Waals surface area contributed by atoms with Crippen LogP contribution in [0.1, 0.15) is 5.56 Å². The minimum Gasteiger partial charge on any atom is -0.244 e. The molecule has 0 aliphatic heterocycles. The van der Waals surface area contributed by atoms with Crippen LogP contribution >= 0.6 is 11.3 Å². The molecule has 0 aliphatic rings. The molecule has 1 nitrogen and oxygen atoms in total. The number of hydrogen-bond donors (Lipinski definition) is 0. The zero-order valence-corrected chi connectivity index (χ0v) is 8.64. The van der Waals surface area contributed by atoms with E-state index in [0.29, 0.717) is 0 Å². The summed E-state index contributed by atoms with van der Waals surface area (Å²) < 4.78 is 1.27. The lowest BCUT2D eigenvalue weighted by atomic mass is 10.1. The number of aryl methyl sites for hydroxylation is 1. The van der Waals surface area contributed by atoms with E-state index in [1.54, 1.807) is 11.3 Å². The highest BCUT2D eigenvalue weighted by atomic mass is 32.1. The molecule has 0 fully saturated rings. The van der Waals surface area contributed by atoms with Gasteiger partial charge in [-0.3, -0.25) is 0 Å². The van der Waals surface area contributed by atoms with Crippen LogP contribution in [0.3, 0.4) is 0 Å². The van der Waals surface area contributed by atoms with Crippen LogP contribution in [-0.4, -0.2) is 4.98 Å². The number of nitrogens with zero attached hydrogens (tertiary/aromatic N) is 1. The number of benzene rings is 2. The number of hydrogen-bond acceptors (Lipinski definition) is 2. The van der Waals surface area contributed by atoms with Crippen molar-refractivity contribution in [2.45, 2.75) is 6.92 Å². The summed E-state index contributed by atoms with van der Waals surface area (Å²) >= 11 is 1.70. The molecule has 0 unspecified atom stereocenters. The Balaban J connectivity index is 2.57. The number of aromatic nitrogens is 1. The van der Waals surface area contributed by atoms with E-state index in [9.17, 15) is 0 Å². The molecule has 0 amide bonds. The van der Waals surface area contributed by atoms with E-state index in [1.807, 2.05) is 5.51 Å². The van der Waals surface area contributed by atoms with Crippen LogP contribution in [0, 0.1) is 6.92 Å². The van der Waals surface area contributed by atoms with E-state index in [2.05, 4.69) is 42.2 Å². The molecule has 0 aliphatic carbocycles. The smallest absolute Gasteiger partial charge is 0.0890 e. The quantitative estimate of drug-likeness (QED) is 0.537. The van der Waals surface area contributed by atoms with Crippen molar-refractivity contribution < 1.29 is 0 Å². The van der Waals surface area contributed by atoms with Crippen LogP contribution in [0.2, 0.25) is 0 Å². The Kier molecular flexibility index (Phi) is 1.58. The van der Waals surface area contributed by atoms with Gasteiger partial charge in [-0.15, -0.1) is 11.3 Å². The monoisotopic (exact) mass is 199 g/mol. The van der Waals surface area contributed by atoms with Crippen LogP contribution in [0.15, 0.2) is 35.8 Å². The summed E-state index contributed by atoms with van der Waals surface area (Å²) in [6.45, 7) is 2.12. The van der Waals surface area contributed by atoms with Crippen LogP contribution in [0.4, 0.5) is 0 Å². The first kappa shape index (κ1) is 7.94. The second kappa shape index (κ2) is 2.79. The van der Waals surface area contributed by atoms with E-state index >= 15 is 0 Å². The Morgan fingerprint density at radius 3 is 3.00 bits per heavy atom. The zero-order valence-electron chi connectivity index (χ0n) is 7.82. The van der Waals surface area contributed by atoms with Crippen molar-refractivity contribution in [2.75, 3.05) is 0 Å². The number of rotatable bonds is 0. The predicted molar refractivity (Wildman–Crippen MR) is 61.9 cm³/mol. The molecule has 0 spiro atoms. The molecular weight excluding hydrogens is 190 g/mol. The average Bonchev–Trinajstić information content (AvgIpc) is 2.65. The van der Waals surface area contributed by atoms with Gasteiger partial charge in [0.1, 0.15) is 0 Å². The van der Waals surface area contributed by atoms with E-state index in [0.717, 1.165) is 5.52 Å². The van der Waals surface area contributed by atoms with E-state index < -0.39 is 0 Å². The van der Waals surface area contributed by atoms with Crippen molar-refractivity contribution in [2.24, 2.45) is 0 Å². The van der Waals surface area contributed by atoms with Gasteiger partial charge in [-0.2, -0.15) is 0 Å². The molecule has 0 bridgehead atoms. The molecule has 68 valence electrons. The van der Waals surface area contributed by atoms with Crippen LogP contribution in [-0.2, 0) is 0 Å². The number of fused-ring (bicyclic) bond motifs is 3. The standard InChI is InChI=1S/C12H9NS/c1-8-2-4-10-9(6-8)3-5-11-12(10)13-7-14-11/h2-7H,1H3. The first-order valence-electron chi connectivity index (χ1n) is 4.57. The third-order valence-electron chi connectivity index (χ3n) is 2.47. The molecule has 0 N–H and O–H groups in total. The second-order valence-electron chi connectivity index (χ2n) is 3.49. The molecule has 0 saturated carbocycles. The summed E-state index contributed by atoms with van der Waals surface area (Å²) in [5.41, 5.74) is 4.34. The maximum Gasteiger partial charge on any atom is 0.0890 e. The lowest BCUT2D eigenvalue weighted by Crippen LogP contribution is -1.77. The Labute approximate surface area is 86.0 Å². The third kappa shape index (κ3) is 1.04. The van der Waals surface area contributed by atoms with Gasteiger partial charge in [0, 0.05) is 5.39 Å². The van der Waals surface area contributed by atoms with E-state index in [1.165, 1.54) is 21.0 Å². The fourth-order valence-corrected chi connectivity index (χ4v) is 2.47. The first-order chi connectivity index (χ1) is 6.84. The summed E-state index contributed by atoms with van der Waals surface area (Å²) in [4.78, 5) is 4.40. The molecule has 0 saturated heterocycles. The normalized spacial score (nSPS) is 11.2. The SMILES string of the molecule is Cc1ccc2c(ccc3scnc32)c1. The van der Waals surface area contributed by atoms with Gasteiger partial charge in [0.15, 0.2) is 0 Å². The van der Waals surface area contributed by atoms with Crippen molar-refractivity contribution in [3.8, 4) is 0 Å². The van der Waals surface area contributed by atoms with Crippen LogP contribution in [0.25, 0.3) is 21.0 Å². The van der Waals surface area contributed by atoms with Gasteiger partial charge in [0.05, 0.1) is 15.7 Å². The molecule has 3 aromatic rings. The third-order valence-corrected chi connectivity index (χ3v) is 3.27. The lowest BCUT2D eigenvalue weighted by molar-refractivity contribution is 1.49. The topological polar surface area (TPSA) is 12.9 Å². The van der Waals surface area contributed by atoms with Gasteiger partial charge < -0.3 is 0 Å². The molecule has 0 radical (unpaired) electrons. The molecule has 14 heavy (non-hydrogen) atoms. The highest BCUT2D eigenvalue weighted by Gasteiger charge is 2.01. The van der Waals surface area contributed by atoms with Crippen LogP contribution < -0.4 is 0 Å². The molecule has 0 atom stereocenters. The molecule has 2 aromatic carbocycles. The number of thiazole rings is 1. The first-order valence-corrected chi connectivity index (χ1v) is 5.45. The second-order valence-corrected chi connectivity index (χ2v) is 4.38.